The van der Waals surface area contributed by atoms with E-state index in [4.69, 9.17) is 14.5 Å². The van der Waals surface area contributed by atoms with Crippen molar-refractivity contribution < 1.29 is 14.6 Å². The van der Waals surface area contributed by atoms with E-state index in [9.17, 15) is 5.11 Å². The Kier molecular flexibility index (Phi) is 4.47. The third kappa shape index (κ3) is 3.34. The van der Waals surface area contributed by atoms with Crippen molar-refractivity contribution in [3.05, 3.63) is 107 Å². The Balaban J connectivity index is 1.46. The van der Waals surface area contributed by atoms with E-state index < -0.39 is 0 Å². The van der Waals surface area contributed by atoms with Crippen molar-refractivity contribution in [3.8, 4) is 23.1 Å². The van der Waals surface area contributed by atoms with Crippen molar-refractivity contribution in [1.82, 2.24) is 19.6 Å². The third-order valence-electron chi connectivity index (χ3n) is 5.82. The highest BCUT2D eigenvalue weighted by atomic mass is 16.5. The molecule has 0 aliphatic carbocycles. The second-order valence-corrected chi connectivity index (χ2v) is 7.98. The fraction of sp³-hybridized carbons (Fsp3) is 0.115. The second-order valence-electron chi connectivity index (χ2n) is 7.98. The maximum absolute atomic E-state index is 10.00. The van der Waals surface area contributed by atoms with Crippen molar-refractivity contribution in [2.24, 2.45) is 0 Å². The van der Waals surface area contributed by atoms with E-state index in [1.807, 2.05) is 55.5 Å². The average molecular weight is 436 g/mol. The smallest absolute Gasteiger partial charge is 0.228 e. The molecule has 7 nitrogen and oxygen atoms in total. The number of phenols is 1. The summed E-state index contributed by atoms with van der Waals surface area (Å²) in [5, 5.41) is 14.6. The van der Waals surface area contributed by atoms with Gasteiger partial charge in [0.25, 0.3) is 0 Å². The third-order valence-corrected chi connectivity index (χ3v) is 5.82. The van der Waals surface area contributed by atoms with Gasteiger partial charge < -0.3 is 14.6 Å². The lowest BCUT2D eigenvalue weighted by atomic mass is 9.84. The lowest BCUT2D eigenvalue weighted by Gasteiger charge is -2.27. The van der Waals surface area contributed by atoms with Gasteiger partial charge in [-0.05, 0) is 30.2 Å². The fourth-order valence-electron chi connectivity index (χ4n) is 4.26. The molecule has 6 rings (SSSR count). The van der Waals surface area contributed by atoms with E-state index in [0.29, 0.717) is 23.1 Å². The van der Waals surface area contributed by atoms with Crippen LogP contribution in [-0.2, 0) is 6.61 Å². The first-order valence-corrected chi connectivity index (χ1v) is 10.7. The van der Waals surface area contributed by atoms with Crippen LogP contribution in [0.5, 0.6) is 23.1 Å². The van der Waals surface area contributed by atoms with Crippen LogP contribution < -0.4 is 9.47 Å². The minimum absolute atomic E-state index is 0.142. The molecule has 162 valence electrons. The molecule has 0 amide bonds. The van der Waals surface area contributed by atoms with E-state index in [1.54, 1.807) is 23.0 Å². The van der Waals surface area contributed by atoms with E-state index >= 15 is 0 Å². The molecule has 0 bridgehead atoms. The number of aromatic hydroxyl groups is 1. The molecule has 0 saturated carbocycles. The van der Waals surface area contributed by atoms with Crippen molar-refractivity contribution in [1.29, 1.82) is 0 Å². The molecule has 1 atom stereocenters. The van der Waals surface area contributed by atoms with E-state index in [1.165, 1.54) is 0 Å². The Morgan fingerprint density at radius 3 is 2.70 bits per heavy atom. The predicted molar refractivity (Wildman–Crippen MR) is 122 cm³/mol. The molecule has 5 aromatic rings. The molecule has 0 saturated heterocycles. The molecule has 0 spiro atoms. The minimum atomic E-state index is -0.170. The molecule has 2 aromatic heterocycles. The predicted octanol–water partition coefficient (Wildman–Crippen LogP) is 5.00. The van der Waals surface area contributed by atoms with Crippen LogP contribution >= 0.6 is 0 Å². The van der Waals surface area contributed by atoms with Gasteiger partial charge in [-0.2, -0.15) is 0 Å². The van der Waals surface area contributed by atoms with Crippen molar-refractivity contribution >= 4 is 5.65 Å². The van der Waals surface area contributed by atoms with Gasteiger partial charge in [-0.3, -0.25) is 0 Å². The number of ether oxygens (including phenoxy) is 2. The Morgan fingerprint density at radius 1 is 1.03 bits per heavy atom. The van der Waals surface area contributed by atoms with Crippen LogP contribution in [0.1, 0.15) is 34.0 Å². The topological polar surface area (TPSA) is 81.8 Å². The molecule has 0 radical (unpaired) electrons. The summed E-state index contributed by atoms with van der Waals surface area (Å²) in [7, 11) is 0. The molecule has 1 aliphatic heterocycles. The molecular formula is C26H20N4O3. The fourth-order valence-corrected chi connectivity index (χ4v) is 4.26. The quantitative estimate of drug-likeness (QED) is 0.419. The molecular weight excluding hydrogens is 416 g/mol. The van der Waals surface area contributed by atoms with Gasteiger partial charge in [0.2, 0.25) is 5.88 Å². The Hall–Kier alpha value is -4.39. The Bertz CT molecular complexity index is 1480. The highest BCUT2D eigenvalue weighted by Crippen LogP contribution is 2.48. The standard InChI is InChI=1S/C26H20N4O3/c1-16-7-5-6-10-20(16)32-14-22-28-25-24-23(17-8-3-2-4-9-17)19-12-11-18(31)13-21(19)33-26(24)27-15-30(25)29-22/h2-13,15,23,31H,14H2,1H3/t23-/m1/s1. The lowest BCUT2D eigenvalue weighted by molar-refractivity contribution is 0.294. The molecule has 1 aliphatic rings. The van der Waals surface area contributed by atoms with Crippen LogP contribution in [-0.4, -0.2) is 24.7 Å². The zero-order chi connectivity index (χ0) is 22.4. The summed E-state index contributed by atoms with van der Waals surface area (Å²) in [6, 6.07) is 23.1. The number of hydrogen-bond donors (Lipinski definition) is 1. The maximum atomic E-state index is 10.00. The number of nitrogens with zero attached hydrogens (tertiary/aromatic N) is 4. The van der Waals surface area contributed by atoms with Crippen molar-refractivity contribution in [3.63, 3.8) is 0 Å². The Labute approximate surface area is 189 Å². The van der Waals surface area contributed by atoms with Crippen LogP contribution in [0.4, 0.5) is 0 Å². The highest BCUT2D eigenvalue weighted by Gasteiger charge is 2.33. The number of benzene rings is 3. The molecule has 0 fully saturated rings. The lowest BCUT2D eigenvalue weighted by Crippen LogP contribution is -2.14. The van der Waals surface area contributed by atoms with Gasteiger partial charge in [0.05, 0.1) is 5.56 Å². The zero-order valence-electron chi connectivity index (χ0n) is 17.8. The summed E-state index contributed by atoms with van der Waals surface area (Å²) in [6.45, 7) is 2.24. The van der Waals surface area contributed by atoms with Crippen molar-refractivity contribution in [2.45, 2.75) is 19.4 Å². The maximum Gasteiger partial charge on any atom is 0.228 e. The Morgan fingerprint density at radius 2 is 1.85 bits per heavy atom. The van der Waals surface area contributed by atoms with Gasteiger partial charge in [-0.15, -0.1) is 5.10 Å². The largest absolute Gasteiger partial charge is 0.508 e. The number of phenolic OH excluding ortho intramolecular Hbond substituents is 1. The molecule has 3 aromatic carbocycles. The van der Waals surface area contributed by atoms with Crippen LogP contribution in [0, 0.1) is 6.92 Å². The van der Waals surface area contributed by atoms with E-state index in [-0.39, 0.29) is 18.3 Å². The number of hydrogen-bond acceptors (Lipinski definition) is 6. The summed E-state index contributed by atoms with van der Waals surface area (Å²) in [5.74, 6) is 2.36. The monoisotopic (exact) mass is 436 g/mol. The molecule has 33 heavy (non-hydrogen) atoms. The number of aryl methyl sites for hydroxylation is 1. The first-order valence-electron chi connectivity index (χ1n) is 10.7. The summed E-state index contributed by atoms with van der Waals surface area (Å²) >= 11 is 0. The van der Waals surface area contributed by atoms with Gasteiger partial charge in [-0.1, -0.05) is 54.6 Å². The first kappa shape index (κ1) is 19.3. The molecule has 1 N–H and O–H groups in total. The van der Waals surface area contributed by atoms with Gasteiger partial charge in [-0.25, -0.2) is 14.5 Å². The van der Waals surface area contributed by atoms with Gasteiger partial charge in [0.15, 0.2) is 11.5 Å². The van der Waals surface area contributed by atoms with Crippen molar-refractivity contribution in [2.75, 3.05) is 0 Å². The molecule has 0 unspecified atom stereocenters. The van der Waals surface area contributed by atoms with E-state index in [2.05, 4.69) is 22.2 Å². The number of aromatic nitrogens is 4. The summed E-state index contributed by atoms with van der Waals surface area (Å²) in [6.07, 6.45) is 1.59. The highest BCUT2D eigenvalue weighted by molar-refractivity contribution is 5.66. The zero-order valence-corrected chi connectivity index (χ0v) is 17.8. The second kappa shape index (κ2) is 7.63. The van der Waals surface area contributed by atoms with E-state index in [0.717, 1.165) is 28.0 Å². The summed E-state index contributed by atoms with van der Waals surface area (Å²) in [4.78, 5) is 9.31. The minimum Gasteiger partial charge on any atom is -0.508 e. The van der Waals surface area contributed by atoms with Crippen LogP contribution in [0.2, 0.25) is 0 Å². The summed E-state index contributed by atoms with van der Waals surface area (Å²) in [5.41, 5.74) is 4.55. The summed E-state index contributed by atoms with van der Waals surface area (Å²) < 4.78 is 13.7. The SMILES string of the molecule is Cc1ccccc1OCc1nc2c3c(ncn2n1)Oc1cc(O)ccc1[C@H]3c1ccccc1. The van der Waals surface area contributed by atoms with Crippen LogP contribution in [0.3, 0.4) is 0 Å². The molecule has 3 heterocycles. The number of rotatable bonds is 4. The normalized spacial score (nSPS) is 14.4. The van der Waals surface area contributed by atoms with Gasteiger partial charge in [0, 0.05) is 17.5 Å². The number of fused-ring (bicyclic) bond motifs is 4. The van der Waals surface area contributed by atoms with Gasteiger partial charge in [0.1, 0.15) is 30.2 Å². The molecule has 7 heteroatoms. The van der Waals surface area contributed by atoms with Gasteiger partial charge >= 0.3 is 0 Å². The van der Waals surface area contributed by atoms with Crippen LogP contribution in [0.25, 0.3) is 5.65 Å². The first-order chi connectivity index (χ1) is 16.2. The average Bonchev–Trinajstić information content (AvgIpc) is 3.26. The number of para-hydroxylation sites is 1. The van der Waals surface area contributed by atoms with Crippen LogP contribution in [0.15, 0.2) is 79.1 Å².